The third kappa shape index (κ3) is 4.29. The van der Waals surface area contributed by atoms with E-state index < -0.39 is 17.1 Å². The van der Waals surface area contributed by atoms with Gasteiger partial charge >= 0.3 is 5.69 Å². The summed E-state index contributed by atoms with van der Waals surface area (Å²) in [5, 5.41) is 22.4. The van der Waals surface area contributed by atoms with Crippen LogP contribution in [0.1, 0.15) is 11.1 Å². The summed E-state index contributed by atoms with van der Waals surface area (Å²) in [7, 11) is 0. The van der Waals surface area contributed by atoms with E-state index in [4.69, 9.17) is 5.11 Å². The lowest BCUT2D eigenvalue weighted by Crippen LogP contribution is -2.33. The normalized spacial score (nSPS) is 11.1. The molecule has 0 spiro atoms. The first-order chi connectivity index (χ1) is 11.5. The van der Waals surface area contributed by atoms with Gasteiger partial charge in [-0.3, -0.25) is 14.3 Å². The molecule has 2 aromatic rings. The summed E-state index contributed by atoms with van der Waals surface area (Å²) in [4.78, 5) is 25.7. The van der Waals surface area contributed by atoms with Crippen molar-refractivity contribution in [3.8, 4) is 5.88 Å². The molecule has 0 radical (unpaired) electrons. The maximum Gasteiger partial charge on any atom is 0.331 e. The van der Waals surface area contributed by atoms with Gasteiger partial charge in [-0.15, -0.1) is 0 Å². The van der Waals surface area contributed by atoms with Crippen molar-refractivity contribution in [2.45, 2.75) is 13.0 Å². The number of nitrogens with zero attached hydrogens (tertiary/aromatic N) is 2. The van der Waals surface area contributed by atoms with Crippen LogP contribution in [0.4, 0.5) is 4.39 Å². The van der Waals surface area contributed by atoms with Gasteiger partial charge in [0.15, 0.2) is 0 Å². The largest absolute Gasteiger partial charge is 0.494 e. The standard InChI is InChI=1S/C15H17FN4O4/c16-11-3-1-10(2-4-11)5-7-20-14(23)12(9-18-17-6-8-21)13(22)19-15(20)24/h1-4,9,17,21,23H,5-8H2,(H,19,22,24)/b18-9+. The number of aryl methyl sites for hydroxylation is 1. The summed E-state index contributed by atoms with van der Waals surface area (Å²) >= 11 is 0. The lowest BCUT2D eigenvalue weighted by molar-refractivity contribution is 0.294. The molecule has 4 N–H and O–H groups in total. The molecule has 0 atom stereocenters. The van der Waals surface area contributed by atoms with Crippen molar-refractivity contribution in [1.29, 1.82) is 0 Å². The Hall–Kier alpha value is -2.94. The monoisotopic (exact) mass is 336 g/mol. The van der Waals surface area contributed by atoms with Crippen molar-refractivity contribution >= 4 is 6.21 Å². The third-order valence-corrected chi connectivity index (χ3v) is 3.25. The van der Waals surface area contributed by atoms with E-state index in [1.807, 2.05) is 0 Å². The van der Waals surface area contributed by atoms with Gasteiger partial charge in [0, 0.05) is 6.54 Å². The fraction of sp³-hybridized carbons (Fsp3) is 0.267. The van der Waals surface area contributed by atoms with E-state index >= 15 is 0 Å². The number of halogens is 1. The second-order valence-corrected chi connectivity index (χ2v) is 4.91. The SMILES string of the molecule is O=c1[nH]c(=O)n(CCc2ccc(F)cc2)c(O)c1/C=N/NCCO. The minimum absolute atomic E-state index is 0.0952. The molecule has 0 fully saturated rings. The maximum atomic E-state index is 12.9. The van der Waals surface area contributed by atoms with Crippen LogP contribution >= 0.6 is 0 Å². The predicted molar refractivity (Wildman–Crippen MR) is 85.8 cm³/mol. The van der Waals surface area contributed by atoms with Crippen LogP contribution in [0.3, 0.4) is 0 Å². The predicted octanol–water partition coefficient (Wildman–Crippen LogP) is -0.460. The number of hydrogen-bond acceptors (Lipinski definition) is 6. The highest BCUT2D eigenvalue weighted by Crippen LogP contribution is 2.10. The molecule has 2 rings (SSSR count). The quantitative estimate of drug-likeness (QED) is 0.310. The minimum atomic E-state index is -0.773. The molecule has 0 aliphatic carbocycles. The zero-order chi connectivity index (χ0) is 17.5. The highest BCUT2D eigenvalue weighted by Gasteiger charge is 2.12. The van der Waals surface area contributed by atoms with Gasteiger partial charge in [0.1, 0.15) is 11.4 Å². The number of hydrazone groups is 1. The number of benzene rings is 1. The van der Waals surface area contributed by atoms with Gasteiger partial charge in [0.2, 0.25) is 5.88 Å². The Bertz CT molecular complexity index is 827. The highest BCUT2D eigenvalue weighted by atomic mass is 19.1. The molecular formula is C15H17FN4O4. The molecule has 0 saturated carbocycles. The van der Waals surface area contributed by atoms with Crippen molar-refractivity contribution in [3.05, 3.63) is 62.0 Å². The van der Waals surface area contributed by atoms with E-state index in [0.717, 1.165) is 16.3 Å². The van der Waals surface area contributed by atoms with Gasteiger partial charge in [-0.2, -0.15) is 5.10 Å². The summed E-state index contributed by atoms with van der Waals surface area (Å²) in [5.74, 6) is -0.878. The van der Waals surface area contributed by atoms with Crippen LogP contribution in [-0.4, -0.2) is 39.1 Å². The van der Waals surface area contributed by atoms with Crippen LogP contribution < -0.4 is 16.7 Å². The molecule has 1 heterocycles. The van der Waals surface area contributed by atoms with Gasteiger partial charge < -0.3 is 15.6 Å². The Balaban J connectivity index is 2.22. The number of rotatable bonds is 7. The smallest absolute Gasteiger partial charge is 0.331 e. The van der Waals surface area contributed by atoms with E-state index in [9.17, 15) is 19.1 Å². The third-order valence-electron chi connectivity index (χ3n) is 3.25. The summed E-state index contributed by atoms with van der Waals surface area (Å²) in [5.41, 5.74) is 1.54. The second kappa shape index (κ2) is 8.06. The van der Waals surface area contributed by atoms with E-state index in [0.29, 0.717) is 6.42 Å². The van der Waals surface area contributed by atoms with Gasteiger partial charge in [0.05, 0.1) is 19.4 Å². The lowest BCUT2D eigenvalue weighted by atomic mass is 10.1. The summed E-state index contributed by atoms with van der Waals surface area (Å²) in [6, 6.07) is 5.75. The lowest BCUT2D eigenvalue weighted by Gasteiger charge is -2.09. The number of aromatic hydroxyl groups is 1. The molecule has 8 nitrogen and oxygen atoms in total. The molecule has 0 amide bonds. The molecule has 0 aliphatic rings. The minimum Gasteiger partial charge on any atom is -0.494 e. The van der Waals surface area contributed by atoms with Crippen molar-refractivity contribution in [2.24, 2.45) is 5.10 Å². The average Bonchev–Trinajstić information content (AvgIpc) is 2.55. The Kier molecular flexibility index (Phi) is 5.85. The number of aromatic nitrogens is 2. The fourth-order valence-electron chi connectivity index (χ4n) is 2.02. The van der Waals surface area contributed by atoms with Crippen LogP contribution in [0.5, 0.6) is 5.88 Å². The summed E-state index contributed by atoms with van der Waals surface area (Å²) in [6.07, 6.45) is 1.43. The van der Waals surface area contributed by atoms with Crippen molar-refractivity contribution < 1.29 is 14.6 Å². The van der Waals surface area contributed by atoms with E-state index in [2.05, 4.69) is 15.5 Å². The topological polar surface area (TPSA) is 120 Å². The summed E-state index contributed by atoms with van der Waals surface area (Å²) in [6.45, 7) is 0.133. The van der Waals surface area contributed by atoms with E-state index in [1.165, 1.54) is 12.1 Å². The Morgan fingerprint density at radius 3 is 2.67 bits per heavy atom. The summed E-state index contributed by atoms with van der Waals surface area (Å²) < 4.78 is 13.9. The zero-order valence-electron chi connectivity index (χ0n) is 12.7. The Morgan fingerprint density at radius 1 is 1.29 bits per heavy atom. The first-order valence-electron chi connectivity index (χ1n) is 7.20. The molecule has 0 unspecified atom stereocenters. The molecular weight excluding hydrogens is 319 g/mol. The molecule has 1 aromatic carbocycles. The van der Waals surface area contributed by atoms with Crippen LogP contribution in [0, 0.1) is 5.82 Å². The average molecular weight is 336 g/mol. The molecule has 1 aromatic heterocycles. The number of hydrogen-bond donors (Lipinski definition) is 4. The van der Waals surface area contributed by atoms with Crippen LogP contribution in [0.2, 0.25) is 0 Å². The van der Waals surface area contributed by atoms with Gasteiger partial charge in [0.25, 0.3) is 5.56 Å². The Morgan fingerprint density at radius 2 is 2.00 bits per heavy atom. The van der Waals surface area contributed by atoms with E-state index in [1.54, 1.807) is 12.1 Å². The molecule has 24 heavy (non-hydrogen) atoms. The van der Waals surface area contributed by atoms with Crippen LogP contribution in [0.25, 0.3) is 0 Å². The Labute approximate surface area is 135 Å². The highest BCUT2D eigenvalue weighted by molar-refractivity contribution is 5.81. The van der Waals surface area contributed by atoms with Gasteiger partial charge in [-0.1, -0.05) is 12.1 Å². The zero-order valence-corrected chi connectivity index (χ0v) is 12.7. The first kappa shape index (κ1) is 17.4. The van der Waals surface area contributed by atoms with Crippen molar-refractivity contribution in [2.75, 3.05) is 13.2 Å². The first-order valence-corrected chi connectivity index (χ1v) is 7.20. The number of aromatic amines is 1. The molecule has 9 heteroatoms. The van der Waals surface area contributed by atoms with Crippen LogP contribution in [0.15, 0.2) is 39.0 Å². The number of aliphatic hydroxyl groups excluding tert-OH is 1. The number of aliphatic hydroxyl groups is 1. The molecule has 0 saturated heterocycles. The van der Waals surface area contributed by atoms with Gasteiger partial charge in [-0.25, -0.2) is 9.18 Å². The molecule has 0 aliphatic heterocycles. The number of H-pyrrole nitrogens is 1. The molecule has 128 valence electrons. The number of nitrogens with one attached hydrogen (secondary N) is 2. The molecule has 0 bridgehead atoms. The fourth-order valence-corrected chi connectivity index (χ4v) is 2.02. The van der Waals surface area contributed by atoms with Crippen LogP contribution in [-0.2, 0) is 13.0 Å². The van der Waals surface area contributed by atoms with Crippen molar-refractivity contribution in [3.63, 3.8) is 0 Å². The second-order valence-electron chi connectivity index (χ2n) is 4.91. The maximum absolute atomic E-state index is 12.9. The van der Waals surface area contributed by atoms with E-state index in [-0.39, 0.29) is 31.1 Å². The van der Waals surface area contributed by atoms with Gasteiger partial charge in [-0.05, 0) is 24.1 Å². The van der Waals surface area contributed by atoms with Crippen molar-refractivity contribution in [1.82, 2.24) is 15.0 Å².